The van der Waals surface area contributed by atoms with Gasteiger partial charge in [0.05, 0.1) is 16.9 Å². The van der Waals surface area contributed by atoms with E-state index >= 15 is 0 Å². The third kappa shape index (κ3) is 4.85. The van der Waals surface area contributed by atoms with E-state index in [-0.39, 0.29) is 11.5 Å². The highest BCUT2D eigenvalue weighted by Crippen LogP contribution is 2.28. The van der Waals surface area contributed by atoms with Crippen LogP contribution < -0.4 is 5.56 Å². The number of benzene rings is 1. The van der Waals surface area contributed by atoms with Crippen LogP contribution in [0.15, 0.2) is 57.3 Å². The van der Waals surface area contributed by atoms with E-state index in [1.54, 1.807) is 28.9 Å². The number of oxazole rings is 1. The van der Waals surface area contributed by atoms with Crippen LogP contribution in [0.5, 0.6) is 0 Å². The second-order valence-electron chi connectivity index (χ2n) is 7.90. The molecule has 0 unspecified atom stereocenters. The molecule has 8 nitrogen and oxygen atoms in total. The molecule has 0 atom stereocenters. The molecule has 1 amide bonds. The van der Waals surface area contributed by atoms with Gasteiger partial charge in [-0.15, -0.1) is 11.3 Å². The van der Waals surface area contributed by atoms with Crippen LogP contribution in [-0.2, 0) is 17.8 Å². The first-order chi connectivity index (χ1) is 16.1. The Morgan fingerprint density at radius 3 is 2.82 bits per heavy atom. The zero-order valence-corrected chi connectivity index (χ0v) is 19.4. The van der Waals surface area contributed by atoms with Crippen LogP contribution in [0, 0.1) is 0 Å². The Morgan fingerprint density at radius 1 is 1.18 bits per heavy atom. The second-order valence-corrected chi connectivity index (χ2v) is 9.18. The smallest absolute Gasteiger partial charge is 0.258 e. The fourth-order valence-electron chi connectivity index (χ4n) is 3.94. The van der Waals surface area contributed by atoms with Gasteiger partial charge in [-0.05, 0) is 12.1 Å². The highest BCUT2D eigenvalue weighted by Gasteiger charge is 2.22. The highest BCUT2D eigenvalue weighted by atomic mass is 35.5. The molecule has 1 saturated heterocycles. The van der Waals surface area contributed by atoms with Crippen molar-refractivity contribution in [2.45, 2.75) is 19.4 Å². The Balaban J connectivity index is 1.12. The Bertz CT molecular complexity index is 1340. The summed E-state index contributed by atoms with van der Waals surface area (Å²) in [5.41, 5.74) is 1.49. The minimum atomic E-state index is -0.0608. The molecule has 0 radical (unpaired) electrons. The Morgan fingerprint density at radius 2 is 2.00 bits per heavy atom. The minimum absolute atomic E-state index is 0.0608. The van der Waals surface area contributed by atoms with Crippen molar-refractivity contribution in [2.24, 2.45) is 0 Å². The zero-order valence-electron chi connectivity index (χ0n) is 17.8. The average Bonchev–Trinajstić information content (AvgIpc) is 3.48. The number of piperazine rings is 1. The van der Waals surface area contributed by atoms with Gasteiger partial charge in [-0.1, -0.05) is 23.7 Å². The first kappa shape index (κ1) is 21.8. The van der Waals surface area contributed by atoms with E-state index in [4.69, 9.17) is 16.0 Å². The lowest BCUT2D eigenvalue weighted by atomic mass is 10.2. The normalized spacial score (nSPS) is 14.8. The monoisotopic (exact) mass is 483 g/mol. The first-order valence-corrected chi connectivity index (χ1v) is 12.0. The zero-order chi connectivity index (χ0) is 22.8. The van der Waals surface area contributed by atoms with Crippen molar-refractivity contribution in [2.75, 3.05) is 26.2 Å². The fraction of sp³-hybridized carbons (Fsp3) is 0.304. The number of aryl methyl sites for hydroxylation is 1. The molecule has 170 valence electrons. The van der Waals surface area contributed by atoms with Gasteiger partial charge in [-0.2, -0.15) is 0 Å². The van der Waals surface area contributed by atoms with E-state index in [1.807, 2.05) is 28.5 Å². The molecule has 10 heteroatoms. The van der Waals surface area contributed by atoms with Crippen molar-refractivity contribution in [3.05, 3.63) is 75.1 Å². The third-order valence-electron chi connectivity index (χ3n) is 5.71. The van der Waals surface area contributed by atoms with Crippen molar-refractivity contribution in [3.8, 4) is 11.3 Å². The van der Waals surface area contributed by atoms with Crippen LogP contribution in [0.4, 0.5) is 0 Å². The maximum atomic E-state index is 12.7. The van der Waals surface area contributed by atoms with E-state index < -0.39 is 0 Å². The molecule has 0 N–H and O–H groups in total. The molecule has 4 aromatic rings. The molecule has 0 aliphatic carbocycles. The largest absolute Gasteiger partial charge is 0.441 e. The summed E-state index contributed by atoms with van der Waals surface area (Å²) < 4.78 is 7.35. The number of amides is 1. The molecule has 1 aliphatic heterocycles. The molecular weight excluding hydrogens is 462 g/mol. The van der Waals surface area contributed by atoms with Crippen LogP contribution in [0.2, 0.25) is 5.02 Å². The van der Waals surface area contributed by atoms with Crippen molar-refractivity contribution >= 4 is 33.8 Å². The number of nitrogens with zero attached hydrogens (tertiary/aromatic N) is 5. The summed E-state index contributed by atoms with van der Waals surface area (Å²) in [7, 11) is 0. The van der Waals surface area contributed by atoms with E-state index in [0.29, 0.717) is 54.1 Å². The molecule has 1 aliphatic rings. The van der Waals surface area contributed by atoms with Gasteiger partial charge < -0.3 is 9.32 Å². The first-order valence-electron chi connectivity index (χ1n) is 10.7. The molecule has 4 heterocycles. The van der Waals surface area contributed by atoms with Gasteiger partial charge in [0, 0.05) is 68.8 Å². The number of rotatable bonds is 6. The number of carbonyl (C=O) groups excluding carboxylic acids is 1. The predicted molar refractivity (Wildman–Crippen MR) is 126 cm³/mol. The van der Waals surface area contributed by atoms with Crippen molar-refractivity contribution in [3.63, 3.8) is 0 Å². The van der Waals surface area contributed by atoms with Crippen LogP contribution >= 0.6 is 22.9 Å². The van der Waals surface area contributed by atoms with Crippen LogP contribution in [0.1, 0.15) is 18.0 Å². The third-order valence-corrected chi connectivity index (χ3v) is 6.80. The van der Waals surface area contributed by atoms with Gasteiger partial charge in [0.15, 0.2) is 16.6 Å². The Kier molecular flexibility index (Phi) is 6.26. The Hall–Kier alpha value is -3.01. The summed E-state index contributed by atoms with van der Waals surface area (Å²) in [6.45, 7) is 3.39. The van der Waals surface area contributed by atoms with Crippen LogP contribution in [-0.4, -0.2) is 56.3 Å². The number of hydrogen-bond donors (Lipinski definition) is 0. The van der Waals surface area contributed by atoms with Crippen molar-refractivity contribution < 1.29 is 9.21 Å². The number of halogens is 1. The maximum absolute atomic E-state index is 12.7. The quantitative estimate of drug-likeness (QED) is 0.418. The SMILES string of the molecule is O=C(CCc1ncc(-c2ccccc2Cl)o1)N1CCN(Cc2cc(=O)n3ccsc3n2)CC1. The molecule has 0 spiro atoms. The number of hydrogen-bond acceptors (Lipinski definition) is 7. The van der Waals surface area contributed by atoms with Crippen molar-refractivity contribution in [1.82, 2.24) is 24.2 Å². The minimum Gasteiger partial charge on any atom is -0.441 e. The topological polar surface area (TPSA) is 84.0 Å². The van der Waals surface area contributed by atoms with Crippen LogP contribution in [0.25, 0.3) is 16.3 Å². The van der Waals surface area contributed by atoms with Crippen LogP contribution in [0.3, 0.4) is 0 Å². The highest BCUT2D eigenvalue weighted by molar-refractivity contribution is 7.15. The lowest BCUT2D eigenvalue weighted by Crippen LogP contribution is -2.48. The van der Waals surface area contributed by atoms with E-state index in [0.717, 1.165) is 24.3 Å². The summed E-state index contributed by atoms with van der Waals surface area (Å²) in [5.74, 6) is 1.22. The second kappa shape index (κ2) is 9.46. The molecule has 1 fully saturated rings. The fourth-order valence-corrected chi connectivity index (χ4v) is 4.90. The number of carbonyl (C=O) groups is 1. The van der Waals surface area contributed by atoms with E-state index in [1.165, 1.54) is 11.3 Å². The lowest BCUT2D eigenvalue weighted by molar-refractivity contribution is -0.133. The van der Waals surface area contributed by atoms with Gasteiger partial charge in [0.25, 0.3) is 5.56 Å². The van der Waals surface area contributed by atoms with Gasteiger partial charge in [-0.3, -0.25) is 18.9 Å². The summed E-state index contributed by atoms with van der Waals surface area (Å²) >= 11 is 7.66. The summed E-state index contributed by atoms with van der Waals surface area (Å²) in [5, 5.41) is 2.46. The summed E-state index contributed by atoms with van der Waals surface area (Å²) in [6, 6.07) is 9.02. The van der Waals surface area contributed by atoms with Crippen molar-refractivity contribution in [1.29, 1.82) is 0 Å². The number of thiazole rings is 1. The number of aromatic nitrogens is 3. The molecule has 3 aromatic heterocycles. The van der Waals surface area contributed by atoms with Gasteiger partial charge >= 0.3 is 0 Å². The van der Waals surface area contributed by atoms with E-state index in [9.17, 15) is 9.59 Å². The molecule has 0 bridgehead atoms. The maximum Gasteiger partial charge on any atom is 0.258 e. The van der Waals surface area contributed by atoms with E-state index in [2.05, 4.69) is 14.9 Å². The molecule has 1 aromatic carbocycles. The molecule has 0 saturated carbocycles. The average molecular weight is 484 g/mol. The molecule has 5 rings (SSSR count). The molecular formula is C23H22ClN5O3S. The predicted octanol–water partition coefficient (Wildman–Crippen LogP) is 3.34. The van der Waals surface area contributed by atoms with Gasteiger partial charge in [-0.25, -0.2) is 9.97 Å². The van der Waals surface area contributed by atoms with Gasteiger partial charge in [0.1, 0.15) is 0 Å². The standard InChI is InChI=1S/C23H22ClN5O3S/c24-18-4-2-1-3-17(18)19-14-25-20(32-19)5-6-21(30)28-9-7-27(8-10-28)15-16-13-22(31)29-11-12-33-23(29)26-16/h1-4,11-14H,5-10,15H2. The summed E-state index contributed by atoms with van der Waals surface area (Å²) in [4.78, 5) is 38.5. The Labute approximate surface area is 199 Å². The lowest BCUT2D eigenvalue weighted by Gasteiger charge is -2.34. The number of fused-ring (bicyclic) bond motifs is 1. The molecule has 33 heavy (non-hydrogen) atoms. The van der Waals surface area contributed by atoms with Gasteiger partial charge in [0.2, 0.25) is 5.91 Å². The summed E-state index contributed by atoms with van der Waals surface area (Å²) in [6.07, 6.45) is 4.17.